The average Bonchev–Trinajstić information content (AvgIpc) is 2.98. The molecule has 0 unspecified atom stereocenters. The van der Waals surface area contributed by atoms with Gasteiger partial charge >= 0.3 is 0 Å². The van der Waals surface area contributed by atoms with E-state index in [9.17, 15) is 10.2 Å². The van der Waals surface area contributed by atoms with Crippen molar-refractivity contribution in [1.29, 1.82) is 0 Å². The van der Waals surface area contributed by atoms with Crippen LogP contribution >= 0.6 is 0 Å². The van der Waals surface area contributed by atoms with Crippen molar-refractivity contribution in [3.05, 3.63) is 60.3 Å². The third kappa shape index (κ3) is 3.37. The Hall–Kier alpha value is -2.75. The van der Waals surface area contributed by atoms with E-state index < -0.39 is 0 Å². The fourth-order valence-electron chi connectivity index (χ4n) is 2.55. The minimum atomic E-state index is 0.245. The van der Waals surface area contributed by atoms with Gasteiger partial charge in [-0.1, -0.05) is 13.3 Å². The number of aromatic nitrogens is 2. The third-order valence-electron chi connectivity index (χ3n) is 3.83. The molecule has 3 aromatic rings. The first-order valence-electron chi connectivity index (χ1n) is 7.85. The van der Waals surface area contributed by atoms with Crippen LogP contribution in [0.15, 0.2) is 54.6 Å². The summed E-state index contributed by atoms with van der Waals surface area (Å²) in [4.78, 5) is 0. The summed E-state index contributed by atoms with van der Waals surface area (Å²) in [5, 5.41) is 23.6. The van der Waals surface area contributed by atoms with Crippen molar-refractivity contribution in [2.75, 3.05) is 0 Å². The van der Waals surface area contributed by atoms with Gasteiger partial charge < -0.3 is 10.2 Å². The van der Waals surface area contributed by atoms with E-state index in [-0.39, 0.29) is 11.5 Å². The Morgan fingerprint density at radius 3 is 2.13 bits per heavy atom. The van der Waals surface area contributed by atoms with Gasteiger partial charge in [0.25, 0.3) is 0 Å². The maximum atomic E-state index is 9.47. The number of benzene rings is 2. The molecule has 1 aromatic heterocycles. The highest BCUT2D eigenvalue weighted by molar-refractivity contribution is 5.61. The predicted octanol–water partition coefficient (Wildman–Crippen LogP) is 4.29. The molecule has 0 aliphatic rings. The zero-order valence-electron chi connectivity index (χ0n) is 13.1. The second kappa shape index (κ2) is 6.57. The maximum Gasteiger partial charge on any atom is 0.115 e. The van der Waals surface area contributed by atoms with Gasteiger partial charge in [0.2, 0.25) is 0 Å². The third-order valence-corrected chi connectivity index (χ3v) is 3.83. The van der Waals surface area contributed by atoms with Gasteiger partial charge in [0, 0.05) is 11.3 Å². The van der Waals surface area contributed by atoms with E-state index in [1.165, 1.54) is 0 Å². The summed E-state index contributed by atoms with van der Waals surface area (Å²) >= 11 is 0. The first-order valence-corrected chi connectivity index (χ1v) is 7.85. The van der Waals surface area contributed by atoms with Gasteiger partial charge in [0.15, 0.2) is 0 Å². The summed E-state index contributed by atoms with van der Waals surface area (Å²) in [6.45, 7) is 2.17. The number of aryl methyl sites for hydroxylation is 1. The largest absolute Gasteiger partial charge is 0.508 e. The summed E-state index contributed by atoms with van der Waals surface area (Å²) in [5.41, 5.74) is 3.92. The molecule has 0 saturated carbocycles. The molecule has 0 saturated heterocycles. The highest BCUT2D eigenvalue weighted by Crippen LogP contribution is 2.25. The molecular weight excluding hydrogens is 288 g/mol. The van der Waals surface area contributed by atoms with Crippen LogP contribution < -0.4 is 0 Å². The molecule has 118 valence electrons. The van der Waals surface area contributed by atoms with Gasteiger partial charge in [-0.25, -0.2) is 4.68 Å². The second-order valence-corrected chi connectivity index (χ2v) is 5.60. The van der Waals surface area contributed by atoms with Crippen molar-refractivity contribution in [1.82, 2.24) is 9.78 Å². The molecule has 2 N–H and O–H groups in total. The number of hydrogen-bond donors (Lipinski definition) is 2. The Balaban J connectivity index is 2.02. The smallest absolute Gasteiger partial charge is 0.115 e. The molecule has 23 heavy (non-hydrogen) atoms. The Morgan fingerprint density at radius 1 is 0.913 bits per heavy atom. The van der Waals surface area contributed by atoms with Crippen LogP contribution in [0.3, 0.4) is 0 Å². The van der Waals surface area contributed by atoms with Crippen LogP contribution in [0.2, 0.25) is 0 Å². The lowest BCUT2D eigenvalue weighted by molar-refractivity contribution is 0.474. The van der Waals surface area contributed by atoms with Gasteiger partial charge in [-0.3, -0.25) is 0 Å². The number of phenols is 2. The van der Waals surface area contributed by atoms with E-state index in [0.717, 1.165) is 41.9 Å². The molecule has 0 fully saturated rings. The molecule has 0 amide bonds. The summed E-state index contributed by atoms with van der Waals surface area (Å²) in [5.74, 6) is 0.493. The summed E-state index contributed by atoms with van der Waals surface area (Å²) in [6.07, 6.45) is 3.16. The molecule has 2 aromatic carbocycles. The topological polar surface area (TPSA) is 58.3 Å². The zero-order chi connectivity index (χ0) is 16.2. The summed E-state index contributed by atoms with van der Waals surface area (Å²) in [7, 11) is 0. The van der Waals surface area contributed by atoms with Crippen LogP contribution in [0.5, 0.6) is 11.5 Å². The van der Waals surface area contributed by atoms with Gasteiger partial charge in [0.05, 0.1) is 11.4 Å². The minimum Gasteiger partial charge on any atom is -0.508 e. The average molecular weight is 308 g/mol. The molecule has 0 radical (unpaired) electrons. The van der Waals surface area contributed by atoms with Crippen molar-refractivity contribution in [3.63, 3.8) is 0 Å². The highest BCUT2D eigenvalue weighted by atomic mass is 16.3. The van der Waals surface area contributed by atoms with E-state index >= 15 is 0 Å². The van der Waals surface area contributed by atoms with Crippen molar-refractivity contribution in [2.24, 2.45) is 0 Å². The molecular formula is C19H20N2O2. The predicted molar refractivity (Wildman–Crippen MR) is 90.9 cm³/mol. The second-order valence-electron chi connectivity index (χ2n) is 5.60. The van der Waals surface area contributed by atoms with E-state index in [4.69, 9.17) is 5.10 Å². The lowest BCUT2D eigenvalue weighted by Crippen LogP contribution is -2.02. The molecule has 4 heteroatoms. The first-order chi connectivity index (χ1) is 11.2. The highest BCUT2D eigenvalue weighted by Gasteiger charge is 2.11. The molecule has 0 atom stereocenters. The number of hydrogen-bond acceptors (Lipinski definition) is 3. The van der Waals surface area contributed by atoms with Crippen LogP contribution in [-0.4, -0.2) is 20.0 Å². The Bertz CT molecular complexity index is 774. The van der Waals surface area contributed by atoms with Crippen LogP contribution in [0.4, 0.5) is 0 Å². The van der Waals surface area contributed by atoms with Crippen LogP contribution in [0, 0.1) is 0 Å². The van der Waals surface area contributed by atoms with Gasteiger partial charge in [-0.2, -0.15) is 5.10 Å². The molecule has 1 heterocycles. The number of unbranched alkanes of at least 4 members (excludes halogenated alkanes) is 1. The quantitative estimate of drug-likeness (QED) is 0.739. The maximum absolute atomic E-state index is 9.47. The molecule has 0 bridgehead atoms. The van der Waals surface area contributed by atoms with Crippen molar-refractivity contribution in [2.45, 2.75) is 26.2 Å². The lowest BCUT2D eigenvalue weighted by atomic mass is 10.1. The number of phenolic OH excluding ortho intramolecular Hbond substituents is 2. The normalized spacial score (nSPS) is 10.8. The molecule has 0 aliphatic heterocycles. The monoisotopic (exact) mass is 308 g/mol. The van der Waals surface area contributed by atoms with Gasteiger partial charge in [-0.05, 0) is 67.4 Å². The molecule has 0 spiro atoms. The Labute approximate surface area is 135 Å². The van der Waals surface area contributed by atoms with E-state index in [1.807, 2.05) is 28.9 Å². The lowest BCUT2D eigenvalue weighted by Gasteiger charge is -2.07. The molecule has 0 aliphatic carbocycles. The van der Waals surface area contributed by atoms with E-state index in [2.05, 4.69) is 13.0 Å². The summed E-state index contributed by atoms with van der Waals surface area (Å²) < 4.78 is 1.93. The molecule has 3 rings (SSSR count). The van der Waals surface area contributed by atoms with Crippen molar-refractivity contribution >= 4 is 0 Å². The van der Waals surface area contributed by atoms with Gasteiger partial charge in [-0.15, -0.1) is 0 Å². The number of rotatable bonds is 5. The Morgan fingerprint density at radius 2 is 1.52 bits per heavy atom. The minimum absolute atomic E-state index is 0.245. The van der Waals surface area contributed by atoms with E-state index in [0.29, 0.717) is 0 Å². The fourth-order valence-corrected chi connectivity index (χ4v) is 2.55. The first kappa shape index (κ1) is 15.2. The van der Waals surface area contributed by atoms with Crippen LogP contribution in [0.1, 0.15) is 25.5 Å². The Kier molecular flexibility index (Phi) is 4.33. The van der Waals surface area contributed by atoms with Gasteiger partial charge in [0.1, 0.15) is 11.5 Å². The van der Waals surface area contributed by atoms with E-state index in [1.54, 1.807) is 24.3 Å². The van der Waals surface area contributed by atoms with Crippen molar-refractivity contribution in [3.8, 4) is 28.4 Å². The summed E-state index contributed by atoms with van der Waals surface area (Å²) in [6, 6.07) is 16.2. The van der Waals surface area contributed by atoms with Crippen molar-refractivity contribution < 1.29 is 10.2 Å². The molecule has 4 nitrogen and oxygen atoms in total. The van der Waals surface area contributed by atoms with Crippen LogP contribution in [0.25, 0.3) is 16.9 Å². The standard InChI is InChI=1S/C19H20N2O2/c1-2-3-4-16-13-19(14-5-9-17(22)10-6-14)20-21(16)15-7-11-18(23)12-8-15/h5-13,22-23H,2-4H2,1H3. The fraction of sp³-hybridized carbons (Fsp3) is 0.211. The number of nitrogens with zero attached hydrogens (tertiary/aromatic N) is 2. The zero-order valence-corrected chi connectivity index (χ0v) is 13.1. The van der Waals surface area contributed by atoms with Crippen LogP contribution in [-0.2, 0) is 6.42 Å². The SMILES string of the molecule is CCCCc1cc(-c2ccc(O)cc2)nn1-c1ccc(O)cc1. The number of aromatic hydroxyl groups is 2.